The topological polar surface area (TPSA) is 63.6 Å². The molecule has 31 heavy (non-hydrogen) atoms. The van der Waals surface area contributed by atoms with E-state index in [1.165, 1.54) is 0 Å². The van der Waals surface area contributed by atoms with E-state index in [0.717, 1.165) is 43.1 Å². The average molecular weight is 427 g/mol. The van der Waals surface area contributed by atoms with E-state index in [4.69, 9.17) is 4.74 Å². The first-order valence-corrected chi connectivity index (χ1v) is 9.99. The highest BCUT2D eigenvalue weighted by Crippen LogP contribution is 2.38. The van der Waals surface area contributed by atoms with Gasteiger partial charge in [-0.15, -0.1) is 0 Å². The van der Waals surface area contributed by atoms with Crippen molar-refractivity contribution in [2.75, 3.05) is 30.0 Å². The number of methoxy groups -OCH3 is 1. The van der Waals surface area contributed by atoms with Crippen LogP contribution in [-0.2, 0) is 0 Å². The Labute approximate surface area is 179 Å². The molecule has 9 heteroatoms. The number of pyridine rings is 1. The van der Waals surface area contributed by atoms with Crippen molar-refractivity contribution in [3.63, 3.8) is 0 Å². The van der Waals surface area contributed by atoms with Crippen LogP contribution < -0.4 is 19.3 Å². The van der Waals surface area contributed by atoms with Crippen molar-refractivity contribution in [2.24, 2.45) is 0 Å². The third-order valence-corrected chi connectivity index (χ3v) is 5.28. The van der Waals surface area contributed by atoms with Crippen LogP contribution in [-0.4, -0.2) is 47.8 Å². The second-order valence-corrected chi connectivity index (χ2v) is 7.07. The molecule has 0 bridgehead atoms. The van der Waals surface area contributed by atoms with Crippen molar-refractivity contribution >= 4 is 17.2 Å². The van der Waals surface area contributed by atoms with E-state index >= 15 is 0 Å². The van der Waals surface area contributed by atoms with Crippen LogP contribution in [0.1, 0.15) is 12.8 Å². The number of ether oxygens (including phenoxy) is 2. The van der Waals surface area contributed by atoms with Crippen molar-refractivity contribution in [1.82, 2.24) is 15.0 Å². The lowest BCUT2D eigenvalue weighted by atomic mass is 10.0. The maximum Gasteiger partial charge on any atom is 0.387 e. The fourth-order valence-electron chi connectivity index (χ4n) is 3.87. The van der Waals surface area contributed by atoms with Gasteiger partial charge in [0.2, 0.25) is 0 Å². The van der Waals surface area contributed by atoms with Crippen LogP contribution in [0.25, 0.3) is 0 Å². The van der Waals surface area contributed by atoms with Crippen molar-refractivity contribution < 1.29 is 18.3 Å². The Kier molecular flexibility index (Phi) is 6.40. The van der Waals surface area contributed by atoms with Gasteiger partial charge in [-0.1, -0.05) is 0 Å². The van der Waals surface area contributed by atoms with Crippen LogP contribution in [0.2, 0.25) is 0 Å². The Hall–Kier alpha value is -3.49. The molecule has 1 saturated heterocycles. The van der Waals surface area contributed by atoms with Crippen LogP contribution >= 0.6 is 0 Å². The normalized spacial score (nSPS) is 14.5. The first-order valence-electron chi connectivity index (χ1n) is 9.99. The minimum atomic E-state index is -2.86. The van der Waals surface area contributed by atoms with E-state index in [0.29, 0.717) is 5.75 Å². The molecular formula is C22H23F2N5O2. The van der Waals surface area contributed by atoms with E-state index in [1.54, 1.807) is 62.4 Å². The molecular weight excluding hydrogens is 404 g/mol. The molecule has 0 radical (unpaired) electrons. The smallest absolute Gasteiger partial charge is 0.387 e. The highest BCUT2D eigenvalue weighted by molar-refractivity contribution is 5.69. The third-order valence-electron chi connectivity index (χ3n) is 5.28. The Morgan fingerprint density at radius 3 is 2.39 bits per heavy atom. The number of hydrogen-bond donors (Lipinski definition) is 0. The zero-order valence-corrected chi connectivity index (χ0v) is 17.1. The van der Waals surface area contributed by atoms with E-state index in [9.17, 15) is 8.78 Å². The molecule has 3 heterocycles. The molecule has 162 valence electrons. The van der Waals surface area contributed by atoms with E-state index in [-0.39, 0.29) is 11.8 Å². The number of halogens is 2. The van der Waals surface area contributed by atoms with Gasteiger partial charge in [-0.25, -0.2) is 4.98 Å². The van der Waals surface area contributed by atoms with Gasteiger partial charge in [-0.05, 0) is 37.1 Å². The molecule has 0 aliphatic carbocycles. The summed E-state index contributed by atoms with van der Waals surface area (Å²) in [5, 5.41) is 0. The number of aromatic nitrogens is 3. The first-order chi connectivity index (χ1) is 15.2. The van der Waals surface area contributed by atoms with Crippen molar-refractivity contribution in [3.05, 3.63) is 61.3 Å². The zero-order valence-electron chi connectivity index (χ0n) is 17.1. The number of alkyl halides is 2. The second kappa shape index (κ2) is 9.55. The van der Waals surface area contributed by atoms with Crippen LogP contribution in [0.15, 0.2) is 61.3 Å². The van der Waals surface area contributed by atoms with Crippen molar-refractivity contribution in [2.45, 2.75) is 25.5 Å². The maximum atomic E-state index is 12.5. The molecule has 0 amide bonds. The Balaban J connectivity index is 1.60. The summed E-state index contributed by atoms with van der Waals surface area (Å²) in [6, 6.07) is 8.62. The van der Waals surface area contributed by atoms with Gasteiger partial charge in [0.1, 0.15) is 23.0 Å². The quantitative estimate of drug-likeness (QED) is 0.557. The minimum Gasteiger partial charge on any atom is -0.494 e. The lowest BCUT2D eigenvalue weighted by Crippen LogP contribution is -2.43. The molecule has 2 aromatic heterocycles. The highest BCUT2D eigenvalue weighted by atomic mass is 19.3. The molecule has 1 aliphatic rings. The Bertz CT molecular complexity index is 967. The van der Waals surface area contributed by atoms with Gasteiger partial charge in [0, 0.05) is 49.5 Å². The number of nitrogens with zero attached hydrogens (tertiary/aromatic N) is 5. The van der Waals surface area contributed by atoms with Crippen LogP contribution in [0.3, 0.4) is 0 Å². The summed E-state index contributed by atoms with van der Waals surface area (Å²) in [7, 11) is 1.62. The molecule has 0 saturated carbocycles. The molecule has 4 rings (SSSR count). The SMILES string of the molecule is COc1ccncc1N(c1ccc(OC(F)F)cc1)C1CCN(c2cnccn2)CC1. The predicted octanol–water partition coefficient (Wildman–Crippen LogP) is 4.29. The minimum absolute atomic E-state index is 0.120. The summed E-state index contributed by atoms with van der Waals surface area (Å²) in [5.41, 5.74) is 1.68. The van der Waals surface area contributed by atoms with E-state index < -0.39 is 6.61 Å². The summed E-state index contributed by atoms with van der Waals surface area (Å²) in [6.45, 7) is -1.23. The van der Waals surface area contributed by atoms with Crippen LogP contribution in [0, 0.1) is 0 Å². The molecule has 1 aliphatic heterocycles. The number of piperidine rings is 1. The van der Waals surface area contributed by atoms with Gasteiger partial charge in [-0.3, -0.25) is 9.97 Å². The average Bonchev–Trinajstić information content (AvgIpc) is 2.81. The predicted molar refractivity (Wildman–Crippen MR) is 113 cm³/mol. The third kappa shape index (κ3) is 4.82. The summed E-state index contributed by atoms with van der Waals surface area (Å²) >= 11 is 0. The molecule has 1 fully saturated rings. The molecule has 7 nitrogen and oxygen atoms in total. The molecule has 0 N–H and O–H groups in total. The number of benzene rings is 1. The molecule has 0 atom stereocenters. The second-order valence-electron chi connectivity index (χ2n) is 7.07. The monoisotopic (exact) mass is 427 g/mol. The zero-order chi connectivity index (χ0) is 21.6. The van der Waals surface area contributed by atoms with Gasteiger partial charge in [0.05, 0.1) is 19.5 Å². The van der Waals surface area contributed by atoms with Gasteiger partial charge in [0.15, 0.2) is 0 Å². The number of rotatable bonds is 7. The van der Waals surface area contributed by atoms with Gasteiger partial charge < -0.3 is 19.3 Å². The largest absolute Gasteiger partial charge is 0.494 e. The van der Waals surface area contributed by atoms with E-state index in [1.807, 2.05) is 6.07 Å². The lowest BCUT2D eigenvalue weighted by molar-refractivity contribution is -0.0498. The van der Waals surface area contributed by atoms with Crippen LogP contribution in [0.4, 0.5) is 26.0 Å². The first kappa shape index (κ1) is 20.8. The standard InChI is InChI=1S/C22H23F2N5O2/c1-30-20-6-9-25-14-19(20)29(16-2-4-18(5-3-16)31-22(23)24)17-7-12-28(13-8-17)21-15-26-10-11-27-21/h2-6,9-11,14-15,17,22H,7-8,12-13H2,1H3. The van der Waals surface area contributed by atoms with Crippen molar-refractivity contribution in [1.29, 1.82) is 0 Å². The summed E-state index contributed by atoms with van der Waals surface area (Å²) in [5.74, 6) is 1.67. The molecule has 3 aromatic rings. The number of hydrogen-bond acceptors (Lipinski definition) is 7. The Morgan fingerprint density at radius 2 is 1.74 bits per heavy atom. The molecule has 0 spiro atoms. The highest BCUT2D eigenvalue weighted by Gasteiger charge is 2.28. The maximum absolute atomic E-state index is 12.5. The van der Waals surface area contributed by atoms with E-state index in [2.05, 4.69) is 29.5 Å². The summed E-state index contributed by atoms with van der Waals surface area (Å²) in [6.07, 6.45) is 10.3. The Morgan fingerprint density at radius 1 is 1.00 bits per heavy atom. The summed E-state index contributed by atoms with van der Waals surface area (Å²) in [4.78, 5) is 17.2. The summed E-state index contributed by atoms with van der Waals surface area (Å²) < 4.78 is 35.1. The molecule has 0 unspecified atom stereocenters. The fourth-order valence-corrected chi connectivity index (χ4v) is 3.87. The van der Waals surface area contributed by atoms with Gasteiger partial charge in [0.25, 0.3) is 0 Å². The fraction of sp³-hybridized carbons (Fsp3) is 0.318. The van der Waals surface area contributed by atoms with Crippen LogP contribution in [0.5, 0.6) is 11.5 Å². The van der Waals surface area contributed by atoms with Gasteiger partial charge >= 0.3 is 6.61 Å². The number of anilines is 3. The lowest BCUT2D eigenvalue weighted by Gasteiger charge is -2.40. The molecule has 1 aromatic carbocycles. The van der Waals surface area contributed by atoms with Gasteiger partial charge in [-0.2, -0.15) is 8.78 Å². The van der Waals surface area contributed by atoms with Crippen molar-refractivity contribution in [3.8, 4) is 11.5 Å².